The molecule has 0 aliphatic carbocycles. The van der Waals surface area contributed by atoms with E-state index in [4.69, 9.17) is 4.74 Å². The maximum Gasteiger partial charge on any atom is 0.410 e. The van der Waals surface area contributed by atoms with E-state index in [0.717, 1.165) is 6.42 Å². The van der Waals surface area contributed by atoms with Crippen molar-refractivity contribution in [2.45, 2.75) is 45.2 Å². The molecule has 3 heterocycles. The predicted octanol–water partition coefficient (Wildman–Crippen LogP) is 2.79. The second-order valence-corrected chi connectivity index (χ2v) is 7.71. The number of Topliss-reactive ketones (excluding diaryl/α,β-unsaturated/α-hetero) is 1. The van der Waals surface area contributed by atoms with Crippen LogP contribution in [0.4, 0.5) is 4.79 Å². The molecule has 0 unspecified atom stereocenters. The largest absolute Gasteiger partial charge is 0.447 e. The number of carbonyl (C=O) groups is 3. The van der Waals surface area contributed by atoms with Crippen LogP contribution in [0.25, 0.3) is 0 Å². The number of likely N-dealkylation sites (tertiary alicyclic amines) is 1. The molecule has 7 heteroatoms. The second-order valence-electron chi connectivity index (χ2n) is 6.77. The van der Waals surface area contributed by atoms with E-state index in [0.29, 0.717) is 43.3 Å². The molecule has 0 radical (unpaired) electrons. The first-order valence-electron chi connectivity index (χ1n) is 8.85. The quantitative estimate of drug-likeness (QED) is 0.595. The molecule has 0 aromatic carbocycles. The first-order chi connectivity index (χ1) is 12.0. The Balaban J connectivity index is 1.60. The minimum absolute atomic E-state index is 0.0786. The summed E-state index contributed by atoms with van der Waals surface area (Å²) in [4.78, 5) is 40.7. The summed E-state index contributed by atoms with van der Waals surface area (Å²) in [7, 11) is 0. The van der Waals surface area contributed by atoms with Gasteiger partial charge < -0.3 is 9.64 Å². The minimum atomic E-state index is -0.441. The van der Waals surface area contributed by atoms with Crippen LogP contribution in [0.1, 0.15) is 42.8 Å². The smallest absolute Gasteiger partial charge is 0.410 e. The lowest BCUT2D eigenvalue weighted by atomic mass is 9.95. The molecule has 0 spiro atoms. The lowest BCUT2D eigenvalue weighted by molar-refractivity contribution is -0.127. The highest BCUT2D eigenvalue weighted by Gasteiger charge is 2.42. The van der Waals surface area contributed by atoms with E-state index in [-0.39, 0.29) is 18.2 Å². The first-order valence-corrected chi connectivity index (χ1v) is 9.73. The Morgan fingerprint density at radius 3 is 2.68 bits per heavy atom. The number of rotatable bonds is 5. The molecule has 6 nitrogen and oxygen atoms in total. The van der Waals surface area contributed by atoms with E-state index in [9.17, 15) is 14.4 Å². The molecule has 2 amide bonds. The number of thiophene rings is 1. The van der Waals surface area contributed by atoms with Crippen molar-refractivity contribution in [1.82, 2.24) is 9.80 Å². The summed E-state index contributed by atoms with van der Waals surface area (Å²) < 4.78 is 5.27. The molecule has 2 fully saturated rings. The molecular weight excluding hydrogens is 340 g/mol. The lowest BCUT2D eigenvalue weighted by Gasteiger charge is -2.38. The molecule has 0 saturated carbocycles. The number of ether oxygens (including phenoxy) is 1. The van der Waals surface area contributed by atoms with Gasteiger partial charge in [-0.15, -0.1) is 11.3 Å². The molecule has 3 rings (SSSR count). The monoisotopic (exact) mass is 364 g/mol. The number of hydrogen-bond donors (Lipinski definition) is 0. The van der Waals surface area contributed by atoms with Crippen molar-refractivity contribution in [3.05, 3.63) is 22.4 Å². The summed E-state index contributed by atoms with van der Waals surface area (Å²) >= 11 is 1.28. The Bertz CT molecular complexity index is 638. The fraction of sp³-hybridized carbons (Fsp3) is 0.611. The van der Waals surface area contributed by atoms with Gasteiger partial charge in [-0.1, -0.05) is 26.3 Å². The van der Waals surface area contributed by atoms with Gasteiger partial charge in [-0.05, 0) is 30.2 Å². The summed E-state index contributed by atoms with van der Waals surface area (Å²) in [6.45, 7) is 5.69. The van der Waals surface area contributed by atoms with E-state index in [1.165, 1.54) is 11.3 Å². The van der Waals surface area contributed by atoms with Gasteiger partial charge in [0, 0.05) is 19.1 Å². The summed E-state index contributed by atoms with van der Waals surface area (Å²) in [5, 5.41) is 1.79. The Morgan fingerprint density at radius 2 is 2.08 bits per heavy atom. The van der Waals surface area contributed by atoms with Crippen LogP contribution in [0.3, 0.4) is 0 Å². The van der Waals surface area contributed by atoms with Crippen LogP contribution in [0.2, 0.25) is 0 Å². The van der Waals surface area contributed by atoms with Crippen LogP contribution in [0.15, 0.2) is 17.5 Å². The van der Waals surface area contributed by atoms with Gasteiger partial charge >= 0.3 is 6.09 Å². The molecule has 2 atom stereocenters. The van der Waals surface area contributed by atoms with Gasteiger partial charge in [0.2, 0.25) is 0 Å². The van der Waals surface area contributed by atoms with Crippen molar-refractivity contribution in [3.63, 3.8) is 0 Å². The molecule has 2 aliphatic heterocycles. The number of ketones is 1. The van der Waals surface area contributed by atoms with Gasteiger partial charge in [0.1, 0.15) is 6.61 Å². The maximum atomic E-state index is 12.4. The molecule has 1 aromatic rings. The van der Waals surface area contributed by atoms with E-state index in [2.05, 4.69) is 13.8 Å². The standard InChI is InChI=1S/C18H24N2O4S/c1-3-12(2)14-11-24-18(23)20(14)13-6-8-19(9-7-13)17(22)16(21)15-5-4-10-25-15/h4-5,10,12-14H,3,6-9,11H2,1-2H3/t12-,14+/m0/s1. The van der Waals surface area contributed by atoms with Crippen LogP contribution < -0.4 is 0 Å². The Hall–Kier alpha value is -1.89. The third-order valence-corrected chi connectivity index (χ3v) is 6.20. The van der Waals surface area contributed by atoms with Crippen molar-refractivity contribution in [2.75, 3.05) is 19.7 Å². The molecule has 1 aromatic heterocycles. The predicted molar refractivity (Wildman–Crippen MR) is 94.7 cm³/mol. The Kier molecular flexibility index (Phi) is 5.42. The molecule has 0 bridgehead atoms. The Labute approximate surface area is 151 Å². The van der Waals surface area contributed by atoms with Crippen LogP contribution >= 0.6 is 11.3 Å². The van der Waals surface area contributed by atoms with E-state index in [1.54, 1.807) is 22.4 Å². The van der Waals surface area contributed by atoms with Gasteiger partial charge in [-0.3, -0.25) is 14.5 Å². The molecule has 2 saturated heterocycles. The topological polar surface area (TPSA) is 66.9 Å². The van der Waals surface area contributed by atoms with E-state index >= 15 is 0 Å². The summed E-state index contributed by atoms with van der Waals surface area (Å²) in [6.07, 6.45) is 2.12. The van der Waals surface area contributed by atoms with Crippen molar-refractivity contribution in [2.24, 2.45) is 5.92 Å². The fourth-order valence-electron chi connectivity index (χ4n) is 3.58. The van der Waals surface area contributed by atoms with Crippen LogP contribution in [0.5, 0.6) is 0 Å². The van der Waals surface area contributed by atoms with Crippen molar-refractivity contribution in [1.29, 1.82) is 0 Å². The average Bonchev–Trinajstić information content (AvgIpc) is 3.30. The number of nitrogens with zero attached hydrogens (tertiary/aromatic N) is 2. The normalized spacial score (nSPS) is 22.8. The number of hydrogen-bond acceptors (Lipinski definition) is 5. The molecule has 25 heavy (non-hydrogen) atoms. The van der Waals surface area contributed by atoms with E-state index in [1.807, 2.05) is 4.90 Å². The molecule has 136 valence electrons. The van der Waals surface area contributed by atoms with Crippen LogP contribution in [0, 0.1) is 5.92 Å². The maximum absolute atomic E-state index is 12.4. The highest BCUT2D eigenvalue weighted by atomic mass is 32.1. The highest BCUT2D eigenvalue weighted by molar-refractivity contribution is 7.13. The Morgan fingerprint density at radius 1 is 1.36 bits per heavy atom. The molecular formula is C18H24N2O4S. The van der Waals surface area contributed by atoms with Crippen molar-refractivity contribution >= 4 is 29.1 Å². The first kappa shape index (κ1) is 17.9. The minimum Gasteiger partial charge on any atom is -0.447 e. The third-order valence-electron chi connectivity index (χ3n) is 5.33. The zero-order valence-electron chi connectivity index (χ0n) is 14.6. The number of carbonyl (C=O) groups excluding carboxylic acids is 3. The summed E-state index contributed by atoms with van der Waals surface area (Å²) in [5.41, 5.74) is 0. The summed E-state index contributed by atoms with van der Waals surface area (Å²) in [5.74, 6) is -0.499. The van der Waals surface area contributed by atoms with E-state index < -0.39 is 11.7 Å². The van der Waals surface area contributed by atoms with Crippen molar-refractivity contribution in [3.8, 4) is 0 Å². The van der Waals surface area contributed by atoms with Gasteiger partial charge in [-0.2, -0.15) is 0 Å². The zero-order chi connectivity index (χ0) is 18.0. The number of piperidine rings is 1. The van der Waals surface area contributed by atoms with Crippen LogP contribution in [-0.4, -0.2) is 59.4 Å². The lowest BCUT2D eigenvalue weighted by Crippen LogP contribution is -2.52. The van der Waals surface area contributed by atoms with Gasteiger partial charge in [0.25, 0.3) is 11.7 Å². The SMILES string of the molecule is CC[C@H](C)[C@H]1COC(=O)N1C1CCN(C(=O)C(=O)c2cccs2)CC1. The number of amides is 2. The van der Waals surface area contributed by atoms with Crippen molar-refractivity contribution < 1.29 is 19.1 Å². The highest BCUT2D eigenvalue weighted by Crippen LogP contribution is 2.29. The summed E-state index contributed by atoms with van der Waals surface area (Å²) in [6, 6.07) is 3.63. The molecule has 0 N–H and O–H groups in total. The second kappa shape index (κ2) is 7.56. The third kappa shape index (κ3) is 3.56. The van der Waals surface area contributed by atoms with Gasteiger partial charge in [0.05, 0.1) is 10.9 Å². The van der Waals surface area contributed by atoms with Gasteiger partial charge in [-0.25, -0.2) is 4.79 Å². The van der Waals surface area contributed by atoms with Crippen LogP contribution in [-0.2, 0) is 9.53 Å². The van der Waals surface area contributed by atoms with Gasteiger partial charge in [0.15, 0.2) is 0 Å². The number of cyclic esters (lactones) is 1. The zero-order valence-corrected chi connectivity index (χ0v) is 15.5. The molecule has 2 aliphatic rings. The average molecular weight is 364 g/mol. The fourth-order valence-corrected chi connectivity index (χ4v) is 4.24.